The van der Waals surface area contributed by atoms with Gasteiger partial charge in [0.05, 0.1) is 22.2 Å². The molecule has 0 spiro atoms. The van der Waals surface area contributed by atoms with Gasteiger partial charge in [0, 0.05) is 12.1 Å². The quantitative estimate of drug-likeness (QED) is 0.608. The Balaban J connectivity index is 2.47. The second-order valence-electron chi connectivity index (χ2n) is 4.03. The third kappa shape index (κ3) is 3.64. The van der Waals surface area contributed by atoms with Gasteiger partial charge in [0.25, 0.3) is 0 Å². The minimum Gasteiger partial charge on any atom is -0.497 e. The van der Waals surface area contributed by atoms with Crippen molar-refractivity contribution in [3.05, 3.63) is 51.2 Å². The van der Waals surface area contributed by atoms with Crippen molar-refractivity contribution < 1.29 is 13.9 Å². The van der Waals surface area contributed by atoms with E-state index in [1.165, 1.54) is 19.2 Å². The van der Waals surface area contributed by atoms with Crippen LogP contribution in [0.5, 0.6) is 17.2 Å². The van der Waals surface area contributed by atoms with Gasteiger partial charge in [-0.05, 0) is 34.1 Å². The maximum absolute atomic E-state index is 13.6. The molecule has 7 heteroatoms. The number of halogens is 3. The summed E-state index contributed by atoms with van der Waals surface area (Å²) in [4.78, 5) is 0.165. The molecule has 0 atom stereocenters. The standard InChI is InChI=1S/C14H10BrClFNO2S/c1-19-7-2-3-8(14(18)21)12(4-7)20-13-6-11(17)10(16)5-9(13)15/h2-6H,1H3,(H2,18,21). The lowest BCUT2D eigenvalue weighted by atomic mass is 10.2. The van der Waals surface area contributed by atoms with Gasteiger partial charge >= 0.3 is 0 Å². The van der Waals surface area contributed by atoms with Crippen molar-refractivity contribution in [3.8, 4) is 17.2 Å². The molecule has 0 bridgehead atoms. The summed E-state index contributed by atoms with van der Waals surface area (Å²) in [6.45, 7) is 0. The SMILES string of the molecule is COc1ccc(C(N)=S)c(Oc2cc(F)c(Cl)cc2Br)c1. The molecule has 21 heavy (non-hydrogen) atoms. The van der Waals surface area contributed by atoms with E-state index in [-0.39, 0.29) is 15.8 Å². The minimum absolute atomic E-state index is 0.00515. The van der Waals surface area contributed by atoms with Crippen LogP contribution in [0.15, 0.2) is 34.8 Å². The number of rotatable bonds is 4. The van der Waals surface area contributed by atoms with Crippen molar-refractivity contribution in [1.29, 1.82) is 0 Å². The number of nitrogens with two attached hydrogens (primary N) is 1. The molecule has 2 rings (SSSR count). The Kier molecular flexibility index (Phi) is 5.03. The first-order valence-corrected chi connectivity index (χ1v) is 7.30. The van der Waals surface area contributed by atoms with Gasteiger partial charge in [-0.2, -0.15) is 0 Å². The molecule has 0 unspecified atom stereocenters. The van der Waals surface area contributed by atoms with E-state index in [9.17, 15) is 4.39 Å². The van der Waals surface area contributed by atoms with Crippen LogP contribution in [0, 0.1) is 5.82 Å². The van der Waals surface area contributed by atoms with Crippen LogP contribution in [0.4, 0.5) is 4.39 Å². The van der Waals surface area contributed by atoms with Crippen LogP contribution < -0.4 is 15.2 Å². The smallest absolute Gasteiger partial charge is 0.145 e. The molecule has 2 aromatic rings. The van der Waals surface area contributed by atoms with Crippen LogP contribution in [-0.4, -0.2) is 12.1 Å². The van der Waals surface area contributed by atoms with Crippen molar-refractivity contribution in [3.63, 3.8) is 0 Å². The zero-order valence-corrected chi connectivity index (χ0v) is 14.0. The molecule has 3 nitrogen and oxygen atoms in total. The van der Waals surface area contributed by atoms with E-state index < -0.39 is 5.82 Å². The fourth-order valence-electron chi connectivity index (χ4n) is 1.62. The average Bonchev–Trinajstić information content (AvgIpc) is 2.44. The van der Waals surface area contributed by atoms with Crippen LogP contribution in [0.1, 0.15) is 5.56 Å². The third-order valence-electron chi connectivity index (χ3n) is 2.65. The summed E-state index contributed by atoms with van der Waals surface area (Å²) >= 11 is 13.9. The van der Waals surface area contributed by atoms with Gasteiger partial charge in [-0.3, -0.25) is 0 Å². The summed E-state index contributed by atoms with van der Waals surface area (Å²) in [7, 11) is 1.53. The van der Waals surface area contributed by atoms with E-state index in [0.717, 1.165) is 0 Å². The van der Waals surface area contributed by atoms with Gasteiger partial charge in [0.15, 0.2) is 0 Å². The summed E-state index contributed by atoms with van der Waals surface area (Å²) in [6, 6.07) is 7.59. The van der Waals surface area contributed by atoms with E-state index in [0.29, 0.717) is 21.5 Å². The van der Waals surface area contributed by atoms with Crippen molar-refractivity contribution in [2.75, 3.05) is 7.11 Å². The minimum atomic E-state index is -0.588. The fraction of sp³-hybridized carbons (Fsp3) is 0.0714. The van der Waals surface area contributed by atoms with Gasteiger partial charge in [0.2, 0.25) is 0 Å². The molecule has 0 radical (unpaired) electrons. The molecule has 0 fully saturated rings. The van der Waals surface area contributed by atoms with Gasteiger partial charge < -0.3 is 15.2 Å². The first-order valence-electron chi connectivity index (χ1n) is 5.72. The summed E-state index contributed by atoms with van der Waals surface area (Å²) in [5.41, 5.74) is 6.18. The van der Waals surface area contributed by atoms with Crippen LogP contribution >= 0.6 is 39.7 Å². The third-order valence-corrected chi connectivity index (χ3v) is 3.78. The number of methoxy groups -OCH3 is 1. The predicted octanol–water partition coefficient (Wildman–Crippen LogP) is 4.68. The highest BCUT2D eigenvalue weighted by Gasteiger charge is 2.13. The summed E-state index contributed by atoms with van der Waals surface area (Å²) < 4.78 is 24.9. The fourth-order valence-corrected chi connectivity index (χ4v) is 2.51. The number of thiocarbonyl (C=S) groups is 1. The summed E-state index contributed by atoms with van der Waals surface area (Å²) in [6.07, 6.45) is 0. The first kappa shape index (κ1) is 16.0. The average molecular weight is 391 g/mol. The lowest BCUT2D eigenvalue weighted by Gasteiger charge is -2.13. The van der Waals surface area contributed by atoms with Gasteiger partial charge in [-0.25, -0.2) is 4.39 Å². The number of benzene rings is 2. The highest BCUT2D eigenvalue weighted by atomic mass is 79.9. The molecule has 2 N–H and O–H groups in total. The Morgan fingerprint density at radius 1 is 1.29 bits per heavy atom. The Labute approximate surface area is 139 Å². The predicted molar refractivity (Wildman–Crippen MR) is 88.1 cm³/mol. The highest BCUT2D eigenvalue weighted by molar-refractivity contribution is 9.10. The molecule has 0 amide bonds. The second-order valence-corrected chi connectivity index (χ2v) is 5.73. The summed E-state index contributed by atoms with van der Waals surface area (Å²) in [5.74, 6) is 0.595. The van der Waals surface area contributed by atoms with E-state index in [1.54, 1.807) is 18.2 Å². The Morgan fingerprint density at radius 3 is 2.62 bits per heavy atom. The molecule has 0 aliphatic rings. The monoisotopic (exact) mass is 389 g/mol. The van der Waals surface area contributed by atoms with Crippen LogP contribution in [0.25, 0.3) is 0 Å². The molecular formula is C14H10BrClFNO2S. The molecule has 2 aromatic carbocycles. The van der Waals surface area contributed by atoms with Crippen molar-refractivity contribution >= 4 is 44.7 Å². The van der Waals surface area contributed by atoms with E-state index in [1.807, 2.05) is 0 Å². The van der Waals surface area contributed by atoms with Crippen molar-refractivity contribution in [1.82, 2.24) is 0 Å². The van der Waals surface area contributed by atoms with Crippen LogP contribution in [0.3, 0.4) is 0 Å². The molecule has 110 valence electrons. The number of hydrogen-bond donors (Lipinski definition) is 1. The highest BCUT2D eigenvalue weighted by Crippen LogP contribution is 2.36. The Morgan fingerprint density at radius 2 is 2.00 bits per heavy atom. The lowest BCUT2D eigenvalue weighted by Crippen LogP contribution is -2.10. The van der Waals surface area contributed by atoms with Gasteiger partial charge in [-0.1, -0.05) is 23.8 Å². The van der Waals surface area contributed by atoms with Crippen molar-refractivity contribution in [2.24, 2.45) is 5.73 Å². The Hall–Kier alpha value is -1.37. The zero-order chi connectivity index (χ0) is 15.6. The van der Waals surface area contributed by atoms with Crippen LogP contribution in [0.2, 0.25) is 5.02 Å². The molecule has 0 heterocycles. The zero-order valence-electron chi connectivity index (χ0n) is 10.8. The molecule has 0 saturated heterocycles. The normalized spacial score (nSPS) is 10.3. The topological polar surface area (TPSA) is 44.5 Å². The first-order chi connectivity index (χ1) is 9.92. The van der Waals surface area contributed by atoms with Crippen molar-refractivity contribution in [2.45, 2.75) is 0 Å². The van der Waals surface area contributed by atoms with Gasteiger partial charge in [0.1, 0.15) is 28.1 Å². The molecule has 0 aromatic heterocycles. The lowest BCUT2D eigenvalue weighted by molar-refractivity contribution is 0.408. The second kappa shape index (κ2) is 6.60. The van der Waals surface area contributed by atoms with E-state index in [2.05, 4.69) is 15.9 Å². The van der Waals surface area contributed by atoms with Gasteiger partial charge in [-0.15, -0.1) is 0 Å². The number of hydrogen-bond acceptors (Lipinski definition) is 3. The molecule has 0 aliphatic carbocycles. The summed E-state index contributed by atoms with van der Waals surface area (Å²) in [5, 5.41) is -0.00515. The largest absolute Gasteiger partial charge is 0.497 e. The molecule has 0 saturated carbocycles. The number of ether oxygens (including phenoxy) is 2. The van der Waals surface area contributed by atoms with E-state index in [4.69, 9.17) is 39.0 Å². The maximum atomic E-state index is 13.6. The molecular weight excluding hydrogens is 381 g/mol. The Bertz CT molecular complexity index is 712. The van der Waals surface area contributed by atoms with Crippen LogP contribution in [-0.2, 0) is 0 Å². The van der Waals surface area contributed by atoms with E-state index >= 15 is 0 Å². The molecule has 0 aliphatic heterocycles. The maximum Gasteiger partial charge on any atom is 0.145 e.